The Balaban J connectivity index is 2.12. The molecule has 0 fully saturated rings. The largest absolute Gasteiger partial charge is 0.436 e. The molecule has 0 aliphatic heterocycles. The van der Waals surface area contributed by atoms with Crippen molar-refractivity contribution in [2.75, 3.05) is 6.54 Å². The molecular weight excluding hydrogens is 255 g/mol. The average molecular weight is 274 g/mol. The third-order valence-electron chi connectivity index (χ3n) is 3.07. The number of aryl methyl sites for hydroxylation is 1. The number of hydrogen-bond acceptors (Lipinski definition) is 3. The molecule has 2 aromatic rings. The Morgan fingerprint density at radius 1 is 1.30 bits per heavy atom. The van der Waals surface area contributed by atoms with Gasteiger partial charge >= 0.3 is 0 Å². The zero-order valence-corrected chi connectivity index (χ0v) is 12.0. The number of nitrogens with zero attached hydrogens (tertiary/aromatic N) is 1. The van der Waals surface area contributed by atoms with E-state index in [4.69, 9.17) is 4.74 Å². The minimum absolute atomic E-state index is 0.199. The molecule has 3 nitrogen and oxygen atoms in total. The molecule has 106 valence electrons. The standard InChI is InChI=1S/C16H19FN2O/c1-4-18-12(3)13-6-8-16(19-10-13)20-15-9-11(2)5-7-14(15)17/h5-10,12,18H,4H2,1-3H3. The van der Waals surface area contributed by atoms with Gasteiger partial charge in [0.05, 0.1) is 0 Å². The first kappa shape index (κ1) is 14.5. The zero-order valence-electron chi connectivity index (χ0n) is 12.0. The second-order valence-electron chi connectivity index (χ2n) is 4.75. The summed E-state index contributed by atoms with van der Waals surface area (Å²) in [6, 6.07) is 8.68. The van der Waals surface area contributed by atoms with Gasteiger partial charge in [-0.15, -0.1) is 0 Å². The number of nitrogens with one attached hydrogen (secondary N) is 1. The first-order chi connectivity index (χ1) is 9.60. The van der Waals surface area contributed by atoms with Gasteiger partial charge in [-0.3, -0.25) is 0 Å². The van der Waals surface area contributed by atoms with E-state index in [1.807, 2.05) is 13.0 Å². The average Bonchev–Trinajstić information content (AvgIpc) is 2.44. The van der Waals surface area contributed by atoms with E-state index in [0.717, 1.165) is 17.7 Å². The molecule has 0 aliphatic rings. The minimum atomic E-state index is -0.387. The summed E-state index contributed by atoms with van der Waals surface area (Å²) in [4.78, 5) is 4.22. The van der Waals surface area contributed by atoms with Crippen molar-refractivity contribution in [1.82, 2.24) is 10.3 Å². The SMILES string of the molecule is CCNC(C)c1ccc(Oc2cc(C)ccc2F)nc1. The van der Waals surface area contributed by atoms with Gasteiger partial charge in [0.1, 0.15) is 0 Å². The van der Waals surface area contributed by atoms with E-state index in [0.29, 0.717) is 5.88 Å². The first-order valence-corrected chi connectivity index (χ1v) is 6.73. The Hall–Kier alpha value is -1.94. The molecule has 0 spiro atoms. The fourth-order valence-electron chi connectivity index (χ4n) is 1.93. The minimum Gasteiger partial charge on any atom is -0.436 e. The highest BCUT2D eigenvalue weighted by molar-refractivity contribution is 5.33. The number of rotatable bonds is 5. The van der Waals surface area contributed by atoms with Crippen molar-refractivity contribution < 1.29 is 9.13 Å². The van der Waals surface area contributed by atoms with Crippen LogP contribution in [0, 0.1) is 12.7 Å². The summed E-state index contributed by atoms with van der Waals surface area (Å²) in [5.41, 5.74) is 2.02. The van der Waals surface area contributed by atoms with E-state index in [1.54, 1.807) is 24.4 Å². The van der Waals surface area contributed by atoms with Crippen LogP contribution < -0.4 is 10.1 Å². The Kier molecular flexibility index (Phi) is 4.69. The van der Waals surface area contributed by atoms with E-state index in [9.17, 15) is 4.39 Å². The Morgan fingerprint density at radius 2 is 2.10 bits per heavy atom. The summed E-state index contributed by atoms with van der Waals surface area (Å²) in [5.74, 6) is 0.203. The molecule has 1 atom stereocenters. The van der Waals surface area contributed by atoms with Crippen LogP contribution in [0.15, 0.2) is 36.5 Å². The maximum absolute atomic E-state index is 13.6. The first-order valence-electron chi connectivity index (χ1n) is 6.73. The lowest BCUT2D eigenvalue weighted by Gasteiger charge is -2.13. The number of pyridine rings is 1. The highest BCUT2D eigenvalue weighted by Gasteiger charge is 2.08. The Labute approximate surface area is 118 Å². The molecule has 0 saturated carbocycles. The van der Waals surface area contributed by atoms with Crippen LogP contribution in [-0.2, 0) is 0 Å². The molecule has 0 bridgehead atoms. The van der Waals surface area contributed by atoms with Crippen LogP contribution in [-0.4, -0.2) is 11.5 Å². The summed E-state index contributed by atoms with van der Waals surface area (Å²) in [5, 5.41) is 3.31. The molecule has 20 heavy (non-hydrogen) atoms. The molecular formula is C16H19FN2O. The molecule has 1 aromatic heterocycles. The van der Waals surface area contributed by atoms with Crippen LogP contribution in [0.2, 0.25) is 0 Å². The molecule has 0 aliphatic carbocycles. The third kappa shape index (κ3) is 3.54. The topological polar surface area (TPSA) is 34.1 Å². The van der Waals surface area contributed by atoms with Crippen LogP contribution in [0.1, 0.15) is 31.0 Å². The second-order valence-corrected chi connectivity index (χ2v) is 4.75. The van der Waals surface area contributed by atoms with Crippen molar-refractivity contribution in [3.8, 4) is 11.6 Å². The predicted molar refractivity (Wildman–Crippen MR) is 77.5 cm³/mol. The van der Waals surface area contributed by atoms with Gasteiger partial charge in [0.15, 0.2) is 11.6 Å². The summed E-state index contributed by atoms with van der Waals surface area (Å²) >= 11 is 0. The smallest absolute Gasteiger partial charge is 0.219 e. The molecule has 1 heterocycles. The van der Waals surface area contributed by atoms with Crippen LogP contribution in [0.3, 0.4) is 0 Å². The number of halogens is 1. The van der Waals surface area contributed by atoms with Crippen LogP contribution in [0.4, 0.5) is 4.39 Å². The van der Waals surface area contributed by atoms with E-state index >= 15 is 0 Å². The third-order valence-corrected chi connectivity index (χ3v) is 3.07. The van der Waals surface area contributed by atoms with Gasteiger partial charge in [-0.1, -0.05) is 19.1 Å². The normalized spacial score (nSPS) is 12.2. The molecule has 0 radical (unpaired) electrons. The maximum Gasteiger partial charge on any atom is 0.219 e. The second kappa shape index (κ2) is 6.48. The summed E-state index contributed by atoms with van der Waals surface area (Å²) < 4.78 is 19.1. The lowest BCUT2D eigenvalue weighted by Crippen LogP contribution is -2.17. The van der Waals surface area contributed by atoms with Crippen molar-refractivity contribution in [3.63, 3.8) is 0 Å². The van der Waals surface area contributed by atoms with Gasteiger partial charge < -0.3 is 10.1 Å². The number of benzene rings is 1. The monoisotopic (exact) mass is 274 g/mol. The maximum atomic E-state index is 13.6. The van der Waals surface area contributed by atoms with Crippen molar-refractivity contribution in [2.24, 2.45) is 0 Å². The number of ether oxygens (including phenoxy) is 1. The zero-order chi connectivity index (χ0) is 14.5. The summed E-state index contributed by atoms with van der Waals surface area (Å²) in [7, 11) is 0. The van der Waals surface area contributed by atoms with Gasteiger partial charge in [0.25, 0.3) is 0 Å². The summed E-state index contributed by atoms with van der Waals surface area (Å²) in [6.07, 6.45) is 1.75. The van der Waals surface area contributed by atoms with Gasteiger partial charge in [-0.2, -0.15) is 0 Å². The Bertz CT molecular complexity index is 569. The molecule has 0 amide bonds. The highest BCUT2D eigenvalue weighted by atomic mass is 19.1. The molecule has 1 aromatic carbocycles. The van der Waals surface area contributed by atoms with Crippen molar-refractivity contribution in [3.05, 3.63) is 53.5 Å². The number of hydrogen-bond donors (Lipinski definition) is 1. The van der Waals surface area contributed by atoms with Crippen LogP contribution >= 0.6 is 0 Å². The van der Waals surface area contributed by atoms with E-state index in [1.165, 1.54) is 6.07 Å². The number of aromatic nitrogens is 1. The van der Waals surface area contributed by atoms with Gasteiger partial charge in [0, 0.05) is 18.3 Å². The molecule has 1 unspecified atom stereocenters. The lowest BCUT2D eigenvalue weighted by atomic mass is 10.1. The molecule has 4 heteroatoms. The predicted octanol–water partition coefficient (Wildman–Crippen LogP) is 3.99. The van der Waals surface area contributed by atoms with Gasteiger partial charge in [-0.05, 0) is 43.7 Å². The van der Waals surface area contributed by atoms with Crippen molar-refractivity contribution in [2.45, 2.75) is 26.8 Å². The van der Waals surface area contributed by atoms with Crippen LogP contribution in [0.25, 0.3) is 0 Å². The molecule has 1 N–H and O–H groups in total. The van der Waals surface area contributed by atoms with Crippen molar-refractivity contribution >= 4 is 0 Å². The summed E-state index contributed by atoms with van der Waals surface area (Å²) in [6.45, 7) is 6.91. The fourth-order valence-corrected chi connectivity index (χ4v) is 1.93. The quantitative estimate of drug-likeness (QED) is 0.895. The molecule has 0 saturated heterocycles. The van der Waals surface area contributed by atoms with E-state index in [2.05, 4.69) is 24.1 Å². The lowest BCUT2D eigenvalue weighted by molar-refractivity contribution is 0.426. The van der Waals surface area contributed by atoms with E-state index < -0.39 is 0 Å². The molecule has 2 rings (SSSR count). The van der Waals surface area contributed by atoms with Crippen molar-refractivity contribution in [1.29, 1.82) is 0 Å². The fraction of sp³-hybridized carbons (Fsp3) is 0.312. The van der Waals surface area contributed by atoms with Gasteiger partial charge in [0.2, 0.25) is 5.88 Å². The van der Waals surface area contributed by atoms with Crippen LogP contribution in [0.5, 0.6) is 11.6 Å². The Morgan fingerprint density at radius 3 is 2.75 bits per heavy atom. The van der Waals surface area contributed by atoms with E-state index in [-0.39, 0.29) is 17.6 Å². The van der Waals surface area contributed by atoms with Gasteiger partial charge in [-0.25, -0.2) is 9.37 Å². The highest BCUT2D eigenvalue weighted by Crippen LogP contribution is 2.24.